The van der Waals surface area contributed by atoms with Gasteiger partial charge in [-0.15, -0.1) is 0 Å². The number of carbonyl (C=O) groups excluding carboxylic acids is 1. The molecule has 2 heterocycles. The van der Waals surface area contributed by atoms with Gasteiger partial charge in [0.2, 0.25) is 0 Å². The van der Waals surface area contributed by atoms with Crippen LogP contribution in [0, 0.1) is 0 Å². The van der Waals surface area contributed by atoms with Crippen LogP contribution < -0.4 is 5.32 Å². The van der Waals surface area contributed by atoms with Gasteiger partial charge in [-0.2, -0.15) is 5.10 Å². The summed E-state index contributed by atoms with van der Waals surface area (Å²) in [6.45, 7) is 2.15. The van der Waals surface area contributed by atoms with Crippen LogP contribution in [0.4, 0.5) is 4.79 Å². The summed E-state index contributed by atoms with van der Waals surface area (Å²) in [5.41, 5.74) is 1.02. The predicted molar refractivity (Wildman–Crippen MR) is 89.8 cm³/mol. The molecule has 128 valence electrons. The number of morpholine rings is 1. The molecule has 1 aliphatic heterocycles. The van der Waals surface area contributed by atoms with Crippen molar-refractivity contribution in [3.05, 3.63) is 47.0 Å². The van der Waals surface area contributed by atoms with E-state index in [1.54, 1.807) is 9.58 Å². The Morgan fingerprint density at radius 3 is 2.92 bits per heavy atom. The Bertz CT molecular complexity index is 688. The first-order valence-electron chi connectivity index (χ1n) is 7.86. The highest BCUT2D eigenvalue weighted by atomic mass is 35.5. The van der Waals surface area contributed by atoms with Crippen LogP contribution in [0.1, 0.15) is 17.5 Å². The summed E-state index contributed by atoms with van der Waals surface area (Å²) in [5, 5.41) is 7.63. The van der Waals surface area contributed by atoms with Gasteiger partial charge in [0, 0.05) is 31.6 Å². The van der Waals surface area contributed by atoms with Crippen LogP contribution >= 0.6 is 11.6 Å². The first-order chi connectivity index (χ1) is 11.6. The van der Waals surface area contributed by atoms with Crippen LogP contribution in [0.25, 0.3) is 0 Å². The zero-order chi connectivity index (χ0) is 16.9. The molecule has 1 fully saturated rings. The van der Waals surface area contributed by atoms with E-state index in [-0.39, 0.29) is 12.1 Å². The molecule has 0 saturated carbocycles. The van der Waals surface area contributed by atoms with Crippen LogP contribution in [-0.4, -0.2) is 51.9 Å². The summed E-state index contributed by atoms with van der Waals surface area (Å²) in [6.07, 6.45) is 2.03. The Balaban J connectivity index is 1.51. The van der Waals surface area contributed by atoms with E-state index in [9.17, 15) is 4.79 Å². The van der Waals surface area contributed by atoms with Gasteiger partial charge < -0.3 is 15.0 Å². The molecule has 1 aliphatic rings. The lowest BCUT2D eigenvalue weighted by molar-refractivity contribution is -0.0154. The van der Waals surface area contributed by atoms with E-state index in [2.05, 4.69) is 15.4 Å². The van der Waals surface area contributed by atoms with E-state index in [4.69, 9.17) is 16.3 Å². The number of aromatic nitrogens is 3. The molecule has 1 N–H and O–H groups in total. The van der Waals surface area contributed by atoms with Crippen molar-refractivity contribution in [3.8, 4) is 0 Å². The van der Waals surface area contributed by atoms with Gasteiger partial charge in [0.05, 0.1) is 13.2 Å². The molecular weight excluding hydrogens is 330 g/mol. The summed E-state index contributed by atoms with van der Waals surface area (Å²) in [6, 6.07) is 7.45. The molecule has 8 heteroatoms. The maximum atomic E-state index is 12.3. The average Bonchev–Trinajstić information content (AvgIpc) is 3.01. The average molecular weight is 350 g/mol. The Morgan fingerprint density at radius 1 is 1.42 bits per heavy atom. The lowest BCUT2D eigenvalue weighted by Gasteiger charge is -2.33. The number of ether oxygens (including phenoxy) is 1. The number of carbonyl (C=O) groups is 1. The number of halogens is 1. The topological polar surface area (TPSA) is 72.3 Å². The molecule has 0 aliphatic carbocycles. The number of aryl methyl sites for hydroxylation is 1. The van der Waals surface area contributed by atoms with Gasteiger partial charge in [0.1, 0.15) is 18.3 Å². The normalized spacial score (nSPS) is 17.8. The van der Waals surface area contributed by atoms with Crippen molar-refractivity contribution >= 4 is 17.6 Å². The second-order valence-electron chi connectivity index (χ2n) is 5.64. The van der Waals surface area contributed by atoms with Gasteiger partial charge in [0.25, 0.3) is 0 Å². The number of nitrogens with zero attached hydrogens (tertiary/aromatic N) is 4. The molecule has 1 atom stereocenters. The van der Waals surface area contributed by atoms with Crippen molar-refractivity contribution < 1.29 is 9.53 Å². The molecular formula is C16H20ClN5O2. The second kappa shape index (κ2) is 7.63. The van der Waals surface area contributed by atoms with Gasteiger partial charge in [-0.1, -0.05) is 23.7 Å². The summed E-state index contributed by atoms with van der Waals surface area (Å²) < 4.78 is 7.48. The predicted octanol–water partition coefficient (Wildman–Crippen LogP) is 1.79. The minimum Gasteiger partial charge on any atom is -0.370 e. The molecule has 0 unspecified atom stereocenters. The fourth-order valence-electron chi connectivity index (χ4n) is 2.65. The SMILES string of the molecule is Cn1ncnc1CCNC(=O)N1CCO[C@H](c2ccc(Cl)cc2)C1. The zero-order valence-electron chi connectivity index (χ0n) is 13.5. The minimum atomic E-state index is -0.125. The molecule has 1 saturated heterocycles. The third kappa shape index (κ3) is 4.04. The number of hydrogen-bond acceptors (Lipinski definition) is 4. The quantitative estimate of drug-likeness (QED) is 0.913. The number of urea groups is 1. The standard InChI is InChI=1S/C16H20ClN5O2/c1-21-15(19-11-20-21)6-7-18-16(23)22-8-9-24-14(10-22)12-2-4-13(17)5-3-12/h2-5,11,14H,6-10H2,1H3,(H,18,23)/t14-/m0/s1. The van der Waals surface area contributed by atoms with Crippen molar-refractivity contribution in [3.63, 3.8) is 0 Å². The van der Waals surface area contributed by atoms with Gasteiger partial charge in [-0.25, -0.2) is 9.78 Å². The van der Waals surface area contributed by atoms with Crippen LogP contribution in [0.2, 0.25) is 5.02 Å². The van der Waals surface area contributed by atoms with Gasteiger partial charge >= 0.3 is 6.03 Å². The number of benzene rings is 1. The van der Waals surface area contributed by atoms with Crippen molar-refractivity contribution in [1.82, 2.24) is 25.0 Å². The third-order valence-corrected chi connectivity index (χ3v) is 4.28. The number of rotatable bonds is 4. The number of hydrogen-bond donors (Lipinski definition) is 1. The van der Waals surface area contributed by atoms with Crippen molar-refractivity contribution in [2.24, 2.45) is 7.05 Å². The van der Waals surface area contributed by atoms with Gasteiger partial charge in [0.15, 0.2) is 0 Å². The fraction of sp³-hybridized carbons (Fsp3) is 0.438. The summed E-state index contributed by atoms with van der Waals surface area (Å²) in [7, 11) is 1.84. The summed E-state index contributed by atoms with van der Waals surface area (Å²) in [5.74, 6) is 0.844. The van der Waals surface area contributed by atoms with E-state index < -0.39 is 0 Å². The molecule has 3 rings (SSSR count). The van der Waals surface area contributed by atoms with Crippen molar-refractivity contribution in [2.75, 3.05) is 26.2 Å². The Kier molecular flexibility index (Phi) is 5.32. The molecule has 0 bridgehead atoms. The highest BCUT2D eigenvalue weighted by Crippen LogP contribution is 2.23. The molecule has 7 nitrogen and oxygen atoms in total. The zero-order valence-corrected chi connectivity index (χ0v) is 14.2. The van der Waals surface area contributed by atoms with E-state index >= 15 is 0 Å². The minimum absolute atomic E-state index is 0.0839. The van der Waals surface area contributed by atoms with E-state index in [1.165, 1.54) is 6.33 Å². The molecule has 1 aromatic carbocycles. The Labute approximate surface area is 145 Å². The van der Waals surface area contributed by atoms with Crippen LogP contribution in [0.3, 0.4) is 0 Å². The molecule has 2 aromatic rings. The summed E-state index contributed by atoms with van der Waals surface area (Å²) in [4.78, 5) is 18.3. The molecule has 1 aromatic heterocycles. The maximum Gasteiger partial charge on any atom is 0.317 e. The van der Waals surface area contributed by atoms with Crippen LogP contribution in [-0.2, 0) is 18.2 Å². The van der Waals surface area contributed by atoms with Crippen LogP contribution in [0.15, 0.2) is 30.6 Å². The molecule has 0 radical (unpaired) electrons. The Morgan fingerprint density at radius 2 is 2.21 bits per heavy atom. The first-order valence-corrected chi connectivity index (χ1v) is 8.24. The van der Waals surface area contributed by atoms with Gasteiger partial charge in [-0.3, -0.25) is 4.68 Å². The van der Waals surface area contributed by atoms with E-state index in [0.717, 1.165) is 11.4 Å². The number of nitrogens with one attached hydrogen (secondary N) is 1. The second-order valence-corrected chi connectivity index (χ2v) is 6.08. The first kappa shape index (κ1) is 16.7. The Hall–Kier alpha value is -2.12. The largest absolute Gasteiger partial charge is 0.370 e. The molecule has 0 spiro atoms. The smallest absolute Gasteiger partial charge is 0.317 e. The van der Waals surface area contributed by atoms with Crippen LogP contribution in [0.5, 0.6) is 0 Å². The monoisotopic (exact) mass is 349 g/mol. The van der Waals surface area contributed by atoms with Crippen molar-refractivity contribution in [1.29, 1.82) is 0 Å². The van der Waals surface area contributed by atoms with Crippen molar-refractivity contribution in [2.45, 2.75) is 12.5 Å². The molecule has 24 heavy (non-hydrogen) atoms. The lowest BCUT2D eigenvalue weighted by Crippen LogP contribution is -2.47. The maximum absolute atomic E-state index is 12.3. The van der Waals surface area contributed by atoms with Gasteiger partial charge in [-0.05, 0) is 17.7 Å². The highest BCUT2D eigenvalue weighted by molar-refractivity contribution is 6.30. The van der Waals surface area contributed by atoms with E-state index in [1.807, 2.05) is 31.3 Å². The third-order valence-electron chi connectivity index (χ3n) is 4.03. The lowest BCUT2D eigenvalue weighted by atomic mass is 10.1. The fourth-order valence-corrected chi connectivity index (χ4v) is 2.78. The number of amides is 2. The highest BCUT2D eigenvalue weighted by Gasteiger charge is 2.25. The van der Waals surface area contributed by atoms with E-state index in [0.29, 0.717) is 37.7 Å². The molecule has 2 amide bonds. The summed E-state index contributed by atoms with van der Waals surface area (Å²) >= 11 is 5.91.